The van der Waals surface area contributed by atoms with Crippen molar-refractivity contribution in [1.29, 1.82) is 0 Å². The smallest absolute Gasteiger partial charge is 0.119 e. The fourth-order valence-electron chi connectivity index (χ4n) is 0.681. The zero-order chi connectivity index (χ0) is 7.56. The lowest BCUT2D eigenvalue weighted by molar-refractivity contribution is 1.02. The molecule has 0 fully saturated rings. The molecule has 0 aromatic rings. The molecule has 0 spiro atoms. The third kappa shape index (κ3) is 1.43. The van der Waals surface area contributed by atoms with Gasteiger partial charge in [0.2, 0.25) is 0 Å². The molecule has 1 rings (SSSR count). The number of amidine groups is 1. The summed E-state index contributed by atoms with van der Waals surface area (Å²) in [6, 6.07) is 0. The number of aliphatic imine (C=N–C) groups is 1. The Balaban J connectivity index is 2.98. The first-order chi connectivity index (χ1) is 4.70. The summed E-state index contributed by atoms with van der Waals surface area (Å²) in [4.78, 5) is 4.22. The van der Waals surface area contributed by atoms with Gasteiger partial charge in [0.05, 0.1) is 6.21 Å². The molecule has 0 aromatic carbocycles. The van der Waals surface area contributed by atoms with Crippen molar-refractivity contribution < 1.29 is 0 Å². The van der Waals surface area contributed by atoms with Gasteiger partial charge in [-0.1, -0.05) is 0 Å². The van der Waals surface area contributed by atoms with Gasteiger partial charge in [0, 0.05) is 5.70 Å². The van der Waals surface area contributed by atoms with Gasteiger partial charge in [0.1, 0.15) is 5.84 Å². The molecule has 3 nitrogen and oxygen atoms in total. The van der Waals surface area contributed by atoms with E-state index in [1.165, 1.54) is 0 Å². The van der Waals surface area contributed by atoms with Gasteiger partial charge in [0.25, 0.3) is 0 Å². The van der Waals surface area contributed by atoms with E-state index in [1.54, 1.807) is 6.21 Å². The highest BCUT2D eigenvalue weighted by Gasteiger charge is 1.96. The summed E-state index contributed by atoms with van der Waals surface area (Å²) < 4.78 is 0. The summed E-state index contributed by atoms with van der Waals surface area (Å²) in [5.41, 5.74) is 4.90. The van der Waals surface area contributed by atoms with Crippen LogP contribution in [0.25, 0.3) is 0 Å². The second-order valence-corrected chi connectivity index (χ2v) is 2.34. The Kier molecular flexibility index (Phi) is 1.85. The highest BCUT2D eigenvalue weighted by Crippen LogP contribution is 2.03. The number of hydrogen-bond acceptors (Lipinski definition) is 3. The number of nitrogens with zero attached hydrogens (tertiary/aromatic N) is 2. The summed E-state index contributed by atoms with van der Waals surface area (Å²) in [6.07, 6.45) is 1.77. The fraction of sp³-hybridized carbons (Fsp3) is 0.429. The number of rotatable bonds is 0. The molecule has 0 saturated carbocycles. The average Bonchev–Trinajstić information content (AvgIpc) is 1.96. The van der Waals surface area contributed by atoms with Crippen molar-refractivity contribution in [1.82, 2.24) is 5.43 Å². The second-order valence-electron chi connectivity index (χ2n) is 2.34. The van der Waals surface area contributed by atoms with Crippen molar-refractivity contribution in [3.63, 3.8) is 0 Å². The van der Waals surface area contributed by atoms with Crippen LogP contribution in [-0.2, 0) is 0 Å². The largest absolute Gasteiger partial charge is 0.265 e. The van der Waals surface area contributed by atoms with E-state index in [1.807, 2.05) is 20.8 Å². The van der Waals surface area contributed by atoms with E-state index in [4.69, 9.17) is 0 Å². The van der Waals surface area contributed by atoms with Crippen LogP contribution in [0.5, 0.6) is 0 Å². The van der Waals surface area contributed by atoms with Gasteiger partial charge in [-0.3, -0.25) is 5.43 Å². The Morgan fingerprint density at radius 1 is 1.30 bits per heavy atom. The molecule has 10 heavy (non-hydrogen) atoms. The molecule has 0 aliphatic carbocycles. The van der Waals surface area contributed by atoms with E-state index < -0.39 is 0 Å². The molecule has 3 heteroatoms. The predicted octanol–water partition coefficient (Wildman–Crippen LogP) is 1.29. The molecular formula is C7H11N3. The number of hydrazone groups is 1. The van der Waals surface area contributed by atoms with Gasteiger partial charge in [0.15, 0.2) is 0 Å². The Labute approximate surface area is 60.5 Å². The zero-order valence-electron chi connectivity index (χ0n) is 6.47. The van der Waals surface area contributed by atoms with Gasteiger partial charge in [-0.05, 0) is 26.3 Å². The van der Waals surface area contributed by atoms with Crippen molar-refractivity contribution in [2.24, 2.45) is 10.1 Å². The maximum atomic E-state index is 4.22. The van der Waals surface area contributed by atoms with Crippen LogP contribution in [0.1, 0.15) is 20.8 Å². The molecule has 0 unspecified atom stereocenters. The third-order valence-corrected chi connectivity index (χ3v) is 1.39. The molecule has 0 radical (unpaired) electrons. The van der Waals surface area contributed by atoms with Gasteiger partial charge in [-0.25, -0.2) is 4.99 Å². The van der Waals surface area contributed by atoms with Gasteiger partial charge < -0.3 is 0 Å². The van der Waals surface area contributed by atoms with E-state index in [9.17, 15) is 0 Å². The van der Waals surface area contributed by atoms with Crippen LogP contribution in [0.15, 0.2) is 21.4 Å². The predicted molar refractivity (Wildman–Crippen MR) is 43.1 cm³/mol. The highest BCUT2D eigenvalue weighted by atomic mass is 15.3. The van der Waals surface area contributed by atoms with Gasteiger partial charge in [-0.15, -0.1) is 0 Å². The first kappa shape index (κ1) is 6.99. The van der Waals surface area contributed by atoms with E-state index in [0.29, 0.717) is 0 Å². The first-order valence-electron chi connectivity index (χ1n) is 3.22. The van der Waals surface area contributed by atoms with E-state index in [0.717, 1.165) is 17.1 Å². The lowest BCUT2D eigenvalue weighted by atomic mass is 10.3. The molecule has 54 valence electrons. The summed E-state index contributed by atoms with van der Waals surface area (Å²) >= 11 is 0. The fourth-order valence-corrected chi connectivity index (χ4v) is 0.681. The minimum atomic E-state index is 0.839. The average molecular weight is 137 g/mol. The minimum Gasteiger partial charge on any atom is -0.265 e. The van der Waals surface area contributed by atoms with Crippen LogP contribution >= 0.6 is 0 Å². The molecule has 0 saturated heterocycles. The second kappa shape index (κ2) is 2.64. The molecule has 1 heterocycles. The highest BCUT2D eigenvalue weighted by molar-refractivity contribution is 5.87. The van der Waals surface area contributed by atoms with Crippen molar-refractivity contribution >= 4 is 12.1 Å². The van der Waals surface area contributed by atoms with Crippen molar-refractivity contribution in [3.8, 4) is 0 Å². The molecular weight excluding hydrogens is 126 g/mol. The zero-order valence-corrected chi connectivity index (χ0v) is 6.47. The quantitative estimate of drug-likeness (QED) is 0.536. The Bertz CT molecular complexity index is 223. The van der Waals surface area contributed by atoms with E-state index >= 15 is 0 Å². The maximum Gasteiger partial charge on any atom is 0.119 e. The Morgan fingerprint density at radius 3 is 2.70 bits per heavy atom. The summed E-state index contributed by atoms with van der Waals surface area (Å²) in [5.74, 6) is 0.839. The molecule has 0 bridgehead atoms. The summed E-state index contributed by atoms with van der Waals surface area (Å²) in [7, 11) is 0. The number of nitrogens with one attached hydrogen (secondary N) is 1. The maximum absolute atomic E-state index is 4.22. The molecule has 0 amide bonds. The van der Waals surface area contributed by atoms with Gasteiger partial charge in [-0.2, -0.15) is 5.10 Å². The van der Waals surface area contributed by atoms with Crippen molar-refractivity contribution in [3.05, 3.63) is 11.3 Å². The number of allylic oxidation sites excluding steroid dienone is 2. The van der Waals surface area contributed by atoms with Crippen LogP contribution in [-0.4, -0.2) is 12.1 Å². The summed E-state index contributed by atoms with van der Waals surface area (Å²) in [5, 5.41) is 3.92. The Morgan fingerprint density at radius 2 is 2.00 bits per heavy atom. The molecule has 1 aliphatic heterocycles. The Hall–Kier alpha value is -1.12. The minimum absolute atomic E-state index is 0.839. The van der Waals surface area contributed by atoms with Crippen molar-refractivity contribution in [2.75, 3.05) is 0 Å². The van der Waals surface area contributed by atoms with Crippen molar-refractivity contribution in [2.45, 2.75) is 20.8 Å². The molecule has 1 aliphatic rings. The molecule has 0 aromatic heterocycles. The number of hydrogen-bond donors (Lipinski definition) is 1. The van der Waals surface area contributed by atoms with Crippen LogP contribution in [0.3, 0.4) is 0 Å². The summed E-state index contributed by atoms with van der Waals surface area (Å²) in [6.45, 7) is 5.85. The topological polar surface area (TPSA) is 36.8 Å². The lowest BCUT2D eigenvalue weighted by Gasteiger charge is -1.94. The van der Waals surface area contributed by atoms with Crippen LogP contribution in [0.2, 0.25) is 0 Å². The normalized spacial score (nSPS) is 18.1. The standard InChI is InChI=1S/C7H11N3/c1-5-4-8-10-7(3)9-6(5)2/h4H,1-3H3,(H,9,10). The van der Waals surface area contributed by atoms with Gasteiger partial charge >= 0.3 is 0 Å². The van der Waals surface area contributed by atoms with E-state index in [2.05, 4.69) is 15.5 Å². The third-order valence-electron chi connectivity index (χ3n) is 1.39. The van der Waals surface area contributed by atoms with Crippen LogP contribution < -0.4 is 5.43 Å². The monoisotopic (exact) mass is 137 g/mol. The van der Waals surface area contributed by atoms with Crippen LogP contribution in [0.4, 0.5) is 0 Å². The van der Waals surface area contributed by atoms with E-state index in [-0.39, 0.29) is 0 Å². The van der Waals surface area contributed by atoms with Crippen LogP contribution in [0, 0.1) is 0 Å². The molecule has 0 atom stereocenters. The first-order valence-corrected chi connectivity index (χ1v) is 3.22. The SMILES string of the molecule is CC1=NC(C)=C(C)C=NN1. The lowest BCUT2D eigenvalue weighted by Crippen LogP contribution is -2.11. The molecule has 1 N–H and O–H groups in total.